The molecule has 60 heavy (non-hydrogen) atoms. The van der Waals surface area contributed by atoms with Gasteiger partial charge in [0.05, 0.1) is 11.1 Å². The van der Waals surface area contributed by atoms with Crippen molar-refractivity contribution in [2.24, 2.45) is 0 Å². The van der Waals surface area contributed by atoms with Crippen LogP contribution in [0.3, 0.4) is 0 Å². The predicted molar refractivity (Wildman–Crippen MR) is 252 cm³/mol. The Morgan fingerprint density at radius 1 is 0.300 bits per heavy atom. The van der Waals surface area contributed by atoms with E-state index in [1.54, 1.807) is 0 Å². The van der Waals surface area contributed by atoms with Crippen LogP contribution in [0, 0.1) is 0 Å². The molecular formula is C59H41N. The molecule has 11 rings (SSSR count). The van der Waals surface area contributed by atoms with Gasteiger partial charge in [0, 0.05) is 16.9 Å². The van der Waals surface area contributed by atoms with E-state index in [0.717, 1.165) is 17.1 Å². The van der Waals surface area contributed by atoms with Crippen LogP contribution in [0.25, 0.3) is 55.3 Å². The highest BCUT2D eigenvalue weighted by atomic mass is 15.1. The van der Waals surface area contributed by atoms with E-state index in [-0.39, 0.29) is 0 Å². The molecule has 0 aliphatic heterocycles. The van der Waals surface area contributed by atoms with Gasteiger partial charge in [-0.15, -0.1) is 0 Å². The Labute approximate surface area is 352 Å². The van der Waals surface area contributed by atoms with E-state index in [9.17, 15) is 0 Å². The van der Waals surface area contributed by atoms with Crippen LogP contribution in [-0.2, 0) is 5.41 Å². The molecule has 0 fully saturated rings. The standard InChI is InChI=1S/C59H41N/c1-4-18-42(19-5-1)43-36-38-44(39-37-43)46-22-14-28-50(40-46)60(51-29-15-23-47(41-51)53-32-16-21-45-20-10-11-30-52(45)53)57-35-17-34-56-58(57)54-31-12-13-33-55(54)59(56,48-24-6-2-7-25-48)49-26-8-3-9-27-49/h1-41H. The molecule has 1 aliphatic carbocycles. The van der Waals surface area contributed by atoms with E-state index in [1.807, 2.05) is 0 Å². The lowest BCUT2D eigenvalue weighted by Gasteiger charge is -2.34. The van der Waals surface area contributed by atoms with Crippen LogP contribution in [0.1, 0.15) is 22.3 Å². The Morgan fingerprint density at radius 3 is 1.48 bits per heavy atom. The average Bonchev–Trinajstić information content (AvgIpc) is 3.64. The van der Waals surface area contributed by atoms with Crippen molar-refractivity contribution in [3.8, 4) is 44.5 Å². The second-order valence-electron chi connectivity index (χ2n) is 15.6. The molecule has 10 aromatic carbocycles. The van der Waals surface area contributed by atoms with Crippen molar-refractivity contribution in [2.45, 2.75) is 5.41 Å². The molecule has 10 aromatic rings. The van der Waals surface area contributed by atoms with Crippen molar-refractivity contribution in [3.63, 3.8) is 0 Å². The molecule has 1 nitrogen and oxygen atoms in total. The number of rotatable bonds is 8. The maximum atomic E-state index is 2.48. The molecule has 0 heterocycles. The van der Waals surface area contributed by atoms with Crippen molar-refractivity contribution >= 4 is 27.8 Å². The number of fused-ring (bicyclic) bond motifs is 4. The summed E-state index contributed by atoms with van der Waals surface area (Å²) in [6.45, 7) is 0. The summed E-state index contributed by atoms with van der Waals surface area (Å²) < 4.78 is 0. The zero-order valence-electron chi connectivity index (χ0n) is 33.1. The monoisotopic (exact) mass is 763 g/mol. The summed E-state index contributed by atoms with van der Waals surface area (Å²) in [5, 5.41) is 2.48. The average molecular weight is 764 g/mol. The Bertz CT molecular complexity index is 3090. The molecule has 0 spiro atoms. The first-order chi connectivity index (χ1) is 29.8. The highest BCUT2D eigenvalue weighted by Gasteiger charge is 2.47. The zero-order valence-corrected chi connectivity index (χ0v) is 33.1. The van der Waals surface area contributed by atoms with Crippen LogP contribution < -0.4 is 4.90 Å². The van der Waals surface area contributed by atoms with Crippen molar-refractivity contribution in [1.82, 2.24) is 0 Å². The van der Waals surface area contributed by atoms with Crippen molar-refractivity contribution in [2.75, 3.05) is 4.90 Å². The van der Waals surface area contributed by atoms with Crippen molar-refractivity contribution in [3.05, 3.63) is 271 Å². The topological polar surface area (TPSA) is 3.24 Å². The zero-order chi connectivity index (χ0) is 39.9. The highest BCUT2D eigenvalue weighted by Crippen LogP contribution is 2.59. The normalized spacial score (nSPS) is 12.5. The lowest BCUT2D eigenvalue weighted by atomic mass is 9.68. The first kappa shape index (κ1) is 35.4. The fourth-order valence-electron chi connectivity index (χ4n) is 9.69. The van der Waals surface area contributed by atoms with Gasteiger partial charge in [0.15, 0.2) is 0 Å². The van der Waals surface area contributed by atoms with Crippen LogP contribution in [0.4, 0.5) is 17.1 Å². The lowest BCUT2D eigenvalue weighted by molar-refractivity contribution is 0.768. The number of benzene rings is 10. The second kappa shape index (κ2) is 14.9. The van der Waals surface area contributed by atoms with Crippen molar-refractivity contribution < 1.29 is 0 Å². The molecule has 0 radical (unpaired) electrons. The fraction of sp³-hybridized carbons (Fsp3) is 0.0169. The summed E-state index contributed by atoms with van der Waals surface area (Å²) in [6, 6.07) is 91.1. The third kappa shape index (κ3) is 5.86. The van der Waals surface area contributed by atoms with E-state index < -0.39 is 5.41 Å². The Kier molecular flexibility index (Phi) is 8.79. The van der Waals surface area contributed by atoms with Gasteiger partial charge in [0.2, 0.25) is 0 Å². The molecule has 0 aromatic heterocycles. The summed E-state index contributed by atoms with van der Waals surface area (Å²) in [6.07, 6.45) is 0. The quantitative estimate of drug-likeness (QED) is 0.149. The van der Waals surface area contributed by atoms with Crippen LogP contribution in [-0.4, -0.2) is 0 Å². The highest BCUT2D eigenvalue weighted by molar-refractivity contribution is 6.00. The van der Waals surface area contributed by atoms with E-state index in [4.69, 9.17) is 0 Å². The van der Waals surface area contributed by atoms with E-state index in [2.05, 4.69) is 254 Å². The van der Waals surface area contributed by atoms with Crippen LogP contribution in [0.15, 0.2) is 249 Å². The van der Waals surface area contributed by atoms with Crippen molar-refractivity contribution in [1.29, 1.82) is 0 Å². The van der Waals surface area contributed by atoms with E-state index in [0.29, 0.717) is 0 Å². The molecule has 0 amide bonds. The molecule has 0 bridgehead atoms. The van der Waals surface area contributed by atoms with E-state index >= 15 is 0 Å². The number of hydrogen-bond donors (Lipinski definition) is 0. The lowest BCUT2D eigenvalue weighted by Crippen LogP contribution is -2.28. The van der Waals surface area contributed by atoms with E-state index in [1.165, 1.54) is 77.5 Å². The summed E-state index contributed by atoms with van der Waals surface area (Å²) >= 11 is 0. The molecule has 0 saturated carbocycles. The van der Waals surface area contributed by atoms with Gasteiger partial charge in [-0.1, -0.05) is 218 Å². The fourth-order valence-corrected chi connectivity index (χ4v) is 9.69. The SMILES string of the molecule is c1ccc(-c2ccc(-c3cccc(N(c4cccc(-c5cccc6ccccc56)c4)c4cccc5c4-c4ccccc4C5(c4ccccc4)c4ccccc4)c3)cc2)cc1. The molecule has 1 aliphatic rings. The van der Waals surface area contributed by atoms with Gasteiger partial charge in [-0.25, -0.2) is 0 Å². The first-order valence-electron chi connectivity index (χ1n) is 20.8. The number of anilines is 3. The minimum atomic E-state index is -0.511. The summed E-state index contributed by atoms with van der Waals surface area (Å²) in [4.78, 5) is 2.48. The maximum Gasteiger partial charge on any atom is 0.0714 e. The van der Waals surface area contributed by atoms with Gasteiger partial charge < -0.3 is 4.90 Å². The summed E-state index contributed by atoms with van der Waals surface area (Å²) in [5.74, 6) is 0. The molecule has 1 heteroatoms. The van der Waals surface area contributed by atoms with Gasteiger partial charge >= 0.3 is 0 Å². The molecule has 282 valence electrons. The predicted octanol–water partition coefficient (Wildman–Crippen LogP) is 15.7. The van der Waals surface area contributed by atoms with Gasteiger partial charge in [0.1, 0.15) is 0 Å². The van der Waals surface area contributed by atoms with Gasteiger partial charge in [0.25, 0.3) is 0 Å². The smallest absolute Gasteiger partial charge is 0.0714 e. The van der Waals surface area contributed by atoms with Crippen LogP contribution in [0.2, 0.25) is 0 Å². The molecule has 0 atom stereocenters. The summed E-state index contributed by atoms with van der Waals surface area (Å²) in [5.41, 5.74) is 17.6. The minimum absolute atomic E-state index is 0.511. The van der Waals surface area contributed by atoms with Gasteiger partial charge in [-0.3, -0.25) is 0 Å². The van der Waals surface area contributed by atoms with Gasteiger partial charge in [-0.05, 0) is 102 Å². The summed E-state index contributed by atoms with van der Waals surface area (Å²) in [7, 11) is 0. The third-order valence-corrected chi connectivity index (χ3v) is 12.3. The Balaban J connectivity index is 1.15. The maximum absolute atomic E-state index is 2.48. The molecule has 0 saturated heterocycles. The molecular weight excluding hydrogens is 723 g/mol. The Hall–Kier alpha value is -7.74. The number of hydrogen-bond acceptors (Lipinski definition) is 1. The largest absolute Gasteiger partial charge is 0.310 e. The minimum Gasteiger partial charge on any atom is -0.310 e. The Morgan fingerprint density at radius 2 is 0.767 bits per heavy atom. The van der Waals surface area contributed by atoms with Crippen LogP contribution >= 0.6 is 0 Å². The van der Waals surface area contributed by atoms with Crippen LogP contribution in [0.5, 0.6) is 0 Å². The number of nitrogens with zero attached hydrogens (tertiary/aromatic N) is 1. The second-order valence-corrected chi connectivity index (χ2v) is 15.6. The molecule has 0 unspecified atom stereocenters. The molecule has 0 N–H and O–H groups in total. The first-order valence-corrected chi connectivity index (χ1v) is 20.8. The third-order valence-electron chi connectivity index (χ3n) is 12.3. The van der Waals surface area contributed by atoms with Gasteiger partial charge in [-0.2, -0.15) is 0 Å².